The first-order valence-electron chi connectivity index (χ1n) is 7.56. The van der Waals surface area contributed by atoms with Crippen LogP contribution in [0.15, 0.2) is 17.2 Å². The van der Waals surface area contributed by atoms with Gasteiger partial charge in [-0.25, -0.2) is 4.98 Å². The molecular formula is C16H18N4O3S2. The number of anilines is 1. The van der Waals surface area contributed by atoms with Crippen LogP contribution in [0.25, 0.3) is 0 Å². The summed E-state index contributed by atoms with van der Waals surface area (Å²) in [6.07, 6.45) is 3.69. The number of carboxylic acids is 1. The summed E-state index contributed by atoms with van der Waals surface area (Å²) in [7, 11) is 0. The SMILES string of the molecule is CSc1cc(N2C(=O)C(C)(C)N(CCCC(=O)O)C2=S)cnc1C#N. The average molecular weight is 378 g/mol. The van der Waals surface area contributed by atoms with Crippen molar-refractivity contribution in [2.24, 2.45) is 0 Å². The number of hydrogen-bond donors (Lipinski definition) is 1. The zero-order valence-electron chi connectivity index (χ0n) is 14.1. The molecule has 0 unspecified atom stereocenters. The Morgan fingerprint density at radius 3 is 2.76 bits per heavy atom. The summed E-state index contributed by atoms with van der Waals surface area (Å²) in [4.78, 5) is 31.5. The Bertz CT molecular complexity index is 773. The molecule has 1 fully saturated rings. The third kappa shape index (κ3) is 3.60. The van der Waals surface area contributed by atoms with E-state index in [9.17, 15) is 9.59 Å². The van der Waals surface area contributed by atoms with Gasteiger partial charge in [-0.2, -0.15) is 5.26 Å². The number of rotatable bonds is 6. The van der Waals surface area contributed by atoms with E-state index in [0.717, 1.165) is 0 Å². The van der Waals surface area contributed by atoms with Gasteiger partial charge in [-0.3, -0.25) is 14.5 Å². The van der Waals surface area contributed by atoms with Gasteiger partial charge in [-0.1, -0.05) is 0 Å². The lowest BCUT2D eigenvalue weighted by molar-refractivity contribution is -0.137. The summed E-state index contributed by atoms with van der Waals surface area (Å²) in [6, 6.07) is 3.74. The van der Waals surface area contributed by atoms with E-state index >= 15 is 0 Å². The van der Waals surface area contributed by atoms with E-state index in [2.05, 4.69) is 4.98 Å². The highest BCUT2D eigenvalue weighted by atomic mass is 32.2. The van der Waals surface area contributed by atoms with Gasteiger partial charge in [0, 0.05) is 17.9 Å². The Morgan fingerprint density at radius 2 is 2.20 bits per heavy atom. The summed E-state index contributed by atoms with van der Waals surface area (Å²) in [6.45, 7) is 3.89. The maximum atomic E-state index is 12.9. The maximum Gasteiger partial charge on any atom is 0.303 e. The molecule has 2 heterocycles. The van der Waals surface area contributed by atoms with Crippen LogP contribution < -0.4 is 4.90 Å². The first kappa shape index (κ1) is 19.1. The van der Waals surface area contributed by atoms with Crippen molar-refractivity contribution in [3.63, 3.8) is 0 Å². The van der Waals surface area contributed by atoms with E-state index in [0.29, 0.717) is 34.4 Å². The molecule has 0 saturated carbocycles. The minimum atomic E-state index is -0.882. The molecule has 0 atom stereocenters. The van der Waals surface area contributed by atoms with Crippen LogP contribution in [0.2, 0.25) is 0 Å². The largest absolute Gasteiger partial charge is 0.481 e. The normalized spacial score (nSPS) is 16.2. The van der Waals surface area contributed by atoms with Gasteiger partial charge in [0.2, 0.25) is 0 Å². The summed E-state index contributed by atoms with van der Waals surface area (Å²) < 4.78 is 0. The van der Waals surface area contributed by atoms with Crippen LogP contribution in [-0.4, -0.2) is 50.3 Å². The second-order valence-electron chi connectivity index (χ2n) is 5.99. The molecule has 1 aromatic heterocycles. The highest BCUT2D eigenvalue weighted by molar-refractivity contribution is 7.98. The molecule has 1 N–H and O–H groups in total. The Balaban J connectivity index is 2.33. The number of thiocarbonyl (C=S) groups is 1. The third-order valence-corrected chi connectivity index (χ3v) is 5.17. The van der Waals surface area contributed by atoms with Gasteiger partial charge in [-0.15, -0.1) is 11.8 Å². The third-order valence-electron chi connectivity index (χ3n) is 4.02. The number of aliphatic carboxylic acids is 1. The number of aromatic nitrogens is 1. The number of nitriles is 1. The number of pyridine rings is 1. The zero-order valence-corrected chi connectivity index (χ0v) is 15.8. The number of thioether (sulfide) groups is 1. The summed E-state index contributed by atoms with van der Waals surface area (Å²) in [5.74, 6) is -1.08. The minimum Gasteiger partial charge on any atom is -0.481 e. The van der Waals surface area contributed by atoms with E-state index in [-0.39, 0.29) is 12.3 Å². The fourth-order valence-electron chi connectivity index (χ4n) is 2.62. The zero-order chi connectivity index (χ0) is 18.8. The fraction of sp³-hybridized carbons (Fsp3) is 0.438. The van der Waals surface area contributed by atoms with E-state index in [4.69, 9.17) is 22.6 Å². The topological polar surface area (TPSA) is 97.5 Å². The summed E-state index contributed by atoms with van der Waals surface area (Å²) in [5, 5.41) is 18.2. The van der Waals surface area contributed by atoms with Crippen LogP contribution in [0, 0.1) is 11.3 Å². The summed E-state index contributed by atoms with van der Waals surface area (Å²) >= 11 is 6.84. The molecular weight excluding hydrogens is 360 g/mol. The number of hydrogen-bond acceptors (Lipinski definition) is 6. The lowest BCUT2D eigenvalue weighted by Crippen LogP contribution is -2.44. The first-order chi connectivity index (χ1) is 11.7. The Hall–Kier alpha value is -2.18. The molecule has 7 nitrogen and oxygen atoms in total. The molecule has 0 spiro atoms. The van der Waals surface area contributed by atoms with Crippen LogP contribution in [0.5, 0.6) is 0 Å². The molecule has 0 radical (unpaired) electrons. The predicted octanol–water partition coefficient (Wildman–Crippen LogP) is 2.25. The quantitative estimate of drug-likeness (QED) is 0.595. The van der Waals surface area contributed by atoms with Crippen LogP contribution in [0.4, 0.5) is 5.69 Å². The van der Waals surface area contributed by atoms with E-state index in [1.807, 2.05) is 12.3 Å². The van der Waals surface area contributed by atoms with Crippen LogP contribution in [0.3, 0.4) is 0 Å². The molecule has 1 saturated heterocycles. The van der Waals surface area contributed by atoms with E-state index < -0.39 is 11.5 Å². The van der Waals surface area contributed by atoms with Crippen molar-refractivity contribution in [3.8, 4) is 6.07 Å². The average Bonchev–Trinajstić information content (AvgIpc) is 2.73. The fourth-order valence-corrected chi connectivity index (χ4v) is 3.66. The van der Waals surface area contributed by atoms with Gasteiger partial charge in [0.1, 0.15) is 11.6 Å². The van der Waals surface area contributed by atoms with Crippen molar-refractivity contribution in [2.45, 2.75) is 37.1 Å². The van der Waals surface area contributed by atoms with Gasteiger partial charge < -0.3 is 10.0 Å². The number of carbonyl (C=O) groups excluding carboxylic acids is 1. The molecule has 0 aliphatic carbocycles. The Kier molecular flexibility index (Phi) is 5.65. The van der Waals surface area contributed by atoms with Crippen molar-refractivity contribution in [1.29, 1.82) is 5.26 Å². The molecule has 1 amide bonds. The van der Waals surface area contributed by atoms with Crippen molar-refractivity contribution in [3.05, 3.63) is 18.0 Å². The molecule has 9 heteroatoms. The highest BCUT2D eigenvalue weighted by Crippen LogP contribution is 2.34. The molecule has 1 aliphatic rings. The summed E-state index contributed by atoms with van der Waals surface area (Å²) in [5.41, 5.74) is -0.0678. The number of carbonyl (C=O) groups is 2. The minimum absolute atomic E-state index is 0.0123. The molecule has 132 valence electrons. The first-order valence-corrected chi connectivity index (χ1v) is 9.19. The van der Waals surface area contributed by atoms with Crippen molar-refractivity contribution >= 4 is 46.7 Å². The van der Waals surface area contributed by atoms with Gasteiger partial charge >= 0.3 is 5.97 Å². The molecule has 2 rings (SSSR count). The van der Waals surface area contributed by atoms with Crippen LogP contribution in [-0.2, 0) is 9.59 Å². The second kappa shape index (κ2) is 7.37. The monoisotopic (exact) mass is 378 g/mol. The van der Waals surface area contributed by atoms with E-state index in [1.54, 1.807) is 24.8 Å². The van der Waals surface area contributed by atoms with Crippen LogP contribution in [0.1, 0.15) is 32.4 Å². The van der Waals surface area contributed by atoms with Crippen molar-refractivity contribution in [2.75, 3.05) is 17.7 Å². The van der Waals surface area contributed by atoms with Gasteiger partial charge in [0.25, 0.3) is 5.91 Å². The van der Waals surface area contributed by atoms with E-state index in [1.165, 1.54) is 22.9 Å². The van der Waals surface area contributed by atoms with Crippen LogP contribution >= 0.6 is 24.0 Å². The smallest absolute Gasteiger partial charge is 0.303 e. The Labute approximate surface area is 155 Å². The van der Waals surface area contributed by atoms with Crippen molar-refractivity contribution < 1.29 is 14.7 Å². The highest BCUT2D eigenvalue weighted by Gasteiger charge is 2.49. The van der Waals surface area contributed by atoms with Gasteiger partial charge in [0.15, 0.2) is 10.8 Å². The standard InChI is InChI=1S/C16H18N4O3S2/c1-16(2)14(23)20(15(24)19(16)6-4-5-13(21)22)10-7-12(25-3)11(8-17)18-9-10/h7,9H,4-6H2,1-3H3,(H,21,22). The van der Waals surface area contributed by atoms with Gasteiger partial charge in [0.05, 0.1) is 11.9 Å². The second-order valence-corrected chi connectivity index (χ2v) is 7.20. The maximum absolute atomic E-state index is 12.9. The van der Waals surface area contributed by atoms with Crippen molar-refractivity contribution in [1.82, 2.24) is 9.88 Å². The molecule has 0 aromatic carbocycles. The number of nitrogens with zero attached hydrogens (tertiary/aromatic N) is 4. The molecule has 0 bridgehead atoms. The lowest BCUT2D eigenvalue weighted by Gasteiger charge is -2.29. The predicted molar refractivity (Wildman–Crippen MR) is 98.5 cm³/mol. The lowest BCUT2D eigenvalue weighted by atomic mass is 10.0. The molecule has 25 heavy (non-hydrogen) atoms. The Morgan fingerprint density at radius 1 is 1.52 bits per heavy atom. The number of amides is 1. The van der Waals surface area contributed by atoms with Gasteiger partial charge in [-0.05, 0) is 44.8 Å². The molecule has 1 aromatic rings. The molecule has 1 aliphatic heterocycles. The number of carboxylic acid groups (broad SMARTS) is 1.